The molecule has 0 spiro atoms. The molecule has 0 radical (unpaired) electrons. The Labute approximate surface area is 81.0 Å². The van der Waals surface area contributed by atoms with Crippen LogP contribution < -0.4 is 0 Å². The molecule has 1 saturated carbocycles. The third kappa shape index (κ3) is 1.63. The first-order valence-electron chi connectivity index (χ1n) is 5.26. The van der Waals surface area contributed by atoms with Crippen LogP contribution >= 0.6 is 0 Å². The number of hydrogen-bond donors (Lipinski definition) is 0. The molecule has 0 aromatic heterocycles. The van der Waals surface area contributed by atoms with E-state index < -0.39 is 0 Å². The van der Waals surface area contributed by atoms with E-state index >= 15 is 0 Å². The lowest BCUT2D eigenvalue weighted by Gasteiger charge is -2.24. The van der Waals surface area contributed by atoms with Crippen molar-refractivity contribution in [3.05, 3.63) is 35.9 Å². The molecule has 1 aliphatic rings. The van der Waals surface area contributed by atoms with Crippen LogP contribution in [0.3, 0.4) is 0 Å². The zero-order valence-electron chi connectivity index (χ0n) is 8.59. The third-order valence-electron chi connectivity index (χ3n) is 3.46. The molecule has 0 saturated heterocycles. The van der Waals surface area contributed by atoms with E-state index in [2.05, 4.69) is 44.2 Å². The largest absolute Gasteiger partial charge is 0.0625 e. The molecule has 1 aliphatic carbocycles. The van der Waals surface area contributed by atoms with E-state index in [1.807, 2.05) is 0 Å². The molecule has 1 fully saturated rings. The van der Waals surface area contributed by atoms with Crippen LogP contribution in [-0.4, -0.2) is 0 Å². The molecule has 2 atom stereocenters. The summed E-state index contributed by atoms with van der Waals surface area (Å²) in [6.07, 6.45) is 4.11. The highest BCUT2D eigenvalue weighted by molar-refractivity contribution is 5.25. The maximum atomic E-state index is 2.41. The van der Waals surface area contributed by atoms with Crippen molar-refractivity contribution in [3.63, 3.8) is 0 Å². The van der Waals surface area contributed by atoms with Gasteiger partial charge in [-0.3, -0.25) is 0 Å². The first kappa shape index (κ1) is 8.80. The molecule has 0 heteroatoms. The van der Waals surface area contributed by atoms with Crippen LogP contribution in [0.4, 0.5) is 0 Å². The van der Waals surface area contributed by atoms with Crippen molar-refractivity contribution in [1.82, 2.24) is 0 Å². The zero-order valence-corrected chi connectivity index (χ0v) is 8.59. The van der Waals surface area contributed by atoms with Crippen LogP contribution in [0.15, 0.2) is 30.3 Å². The molecule has 1 aromatic carbocycles. The van der Waals surface area contributed by atoms with Gasteiger partial charge in [-0.1, -0.05) is 44.2 Å². The average Bonchev–Trinajstić information content (AvgIpc) is 2.49. The molecule has 13 heavy (non-hydrogen) atoms. The summed E-state index contributed by atoms with van der Waals surface area (Å²) in [5, 5.41) is 0. The topological polar surface area (TPSA) is 0 Å². The highest BCUT2D eigenvalue weighted by atomic mass is 14.4. The Morgan fingerprint density at radius 2 is 1.92 bits per heavy atom. The fourth-order valence-corrected chi connectivity index (χ4v) is 2.64. The number of rotatable bonds is 1. The van der Waals surface area contributed by atoms with Gasteiger partial charge in [-0.15, -0.1) is 0 Å². The Hall–Kier alpha value is -0.780. The van der Waals surface area contributed by atoms with E-state index in [1.54, 1.807) is 0 Å². The highest BCUT2D eigenvalue weighted by Gasteiger charge is 2.33. The number of hydrogen-bond acceptors (Lipinski definition) is 0. The van der Waals surface area contributed by atoms with Crippen molar-refractivity contribution in [1.29, 1.82) is 0 Å². The van der Waals surface area contributed by atoms with Gasteiger partial charge in [0.2, 0.25) is 0 Å². The zero-order chi connectivity index (χ0) is 9.31. The summed E-state index contributed by atoms with van der Waals surface area (Å²) >= 11 is 0. The lowest BCUT2D eigenvalue weighted by atomic mass is 9.80. The molecule has 1 aromatic rings. The molecule has 0 amide bonds. The van der Waals surface area contributed by atoms with Gasteiger partial charge in [-0.05, 0) is 36.2 Å². The first-order chi connectivity index (χ1) is 6.21. The van der Waals surface area contributed by atoms with Crippen molar-refractivity contribution in [2.24, 2.45) is 5.92 Å². The lowest BCUT2D eigenvalue weighted by molar-refractivity contribution is 0.466. The molecule has 1 unspecified atom stereocenters. The Kier molecular flexibility index (Phi) is 2.15. The van der Waals surface area contributed by atoms with Crippen molar-refractivity contribution in [2.45, 2.75) is 38.5 Å². The quantitative estimate of drug-likeness (QED) is 0.608. The van der Waals surface area contributed by atoms with Gasteiger partial charge in [0, 0.05) is 0 Å². The summed E-state index contributed by atoms with van der Waals surface area (Å²) in [5.74, 6) is 0.908. The standard InChI is InChI=1S/C13H18/c1-11-8-9-13(2,10-11)12-6-4-3-5-7-12/h3-7,11H,8-10H2,1-2H3/t11-,13?/m0/s1. The van der Waals surface area contributed by atoms with Gasteiger partial charge in [0.05, 0.1) is 0 Å². The summed E-state index contributed by atoms with van der Waals surface area (Å²) in [5.41, 5.74) is 1.99. The third-order valence-corrected chi connectivity index (χ3v) is 3.46. The molecule has 2 rings (SSSR count). The molecular weight excluding hydrogens is 156 g/mol. The van der Waals surface area contributed by atoms with Gasteiger partial charge in [0.1, 0.15) is 0 Å². The maximum absolute atomic E-state index is 2.41. The van der Waals surface area contributed by atoms with Gasteiger partial charge < -0.3 is 0 Å². The van der Waals surface area contributed by atoms with Crippen molar-refractivity contribution in [3.8, 4) is 0 Å². The first-order valence-corrected chi connectivity index (χ1v) is 5.26. The van der Waals surface area contributed by atoms with Gasteiger partial charge in [-0.2, -0.15) is 0 Å². The fourth-order valence-electron chi connectivity index (χ4n) is 2.64. The van der Waals surface area contributed by atoms with Crippen LogP contribution in [-0.2, 0) is 5.41 Å². The van der Waals surface area contributed by atoms with Crippen LogP contribution in [0.25, 0.3) is 0 Å². The summed E-state index contributed by atoms with van der Waals surface area (Å²) in [6, 6.07) is 11.0. The molecule has 0 heterocycles. The minimum Gasteiger partial charge on any atom is -0.0625 e. The van der Waals surface area contributed by atoms with E-state index in [1.165, 1.54) is 24.8 Å². The molecule has 0 aliphatic heterocycles. The summed E-state index contributed by atoms with van der Waals surface area (Å²) in [7, 11) is 0. The van der Waals surface area contributed by atoms with Crippen LogP contribution in [0.5, 0.6) is 0 Å². The minimum absolute atomic E-state index is 0.459. The summed E-state index contributed by atoms with van der Waals surface area (Å²) in [6.45, 7) is 4.78. The average molecular weight is 174 g/mol. The van der Waals surface area contributed by atoms with E-state index in [0.717, 1.165) is 5.92 Å². The predicted molar refractivity (Wildman–Crippen MR) is 56.8 cm³/mol. The SMILES string of the molecule is C[C@H]1CCC(C)(c2ccccc2)C1. The van der Waals surface area contributed by atoms with Gasteiger partial charge >= 0.3 is 0 Å². The second-order valence-corrected chi connectivity index (χ2v) is 4.77. The van der Waals surface area contributed by atoms with Crippen molar-refractivity contribution >= 4 is 0 Å². The van der Waals surface area contributed by atoms with E-state index in [4.69, 9.17) is 0 Å². The van der Waals surface area contributed by atoms with E-state index in [0.29, 0.717) is 5.41 Å². The smallest absolute Gasteiger partial charge is 0.00726 e. The molecule has 0 bridgehead atoms. The monoisotopic (exact) mass is 174 g/mol. The minimum atomic E-state index is 0.459. The van der Waals surface area contributed by atoms with Crippen LogP contribution in [0.1, 0.15) is 38.7 Å². The molecule has 70 valence electrons. The van der Waals surface area contributed by atoms with Crippen LogP contribution in [0.2, 0.25) is 0 Å². The van der Waals surface area contributed by atoms with Crippen molar-refractivity contribution < 1.29 is 0 Å². The second-order valence-electron chi connectivity index (χ2n) is 4.77. The summed E-state index contributed by atoms with van der Waals surface area (Å²) in [4.78, 5) is 0. The predicted octanol–water partition coefficient (Wildman–Crippen LogP) is 3.76. The lowest BCUT2D eigenvalue weighted by Crippen LogP contribution is -2.17. The Balaban J connectivity index is 2.26. The summed E-state index contributed by atoms with van der Waals surface area (Å²) < 4.78 is 0. The molecule has 0 N–H and O–H groups in total. The van der Waals surface area contributed by atoms with Gasteiger partial charge in [0.25, 0.3) is 0 Å². The Bertz CT molecular complexity index is 275. The van der Waals surface area contributed by atoms with E-state index in [9.17, 15) is 0 Å². The highest BCUT2D eigenvalue weighted by Crippen LogP contribution is 2.43. The van der Waals surface area contributed by atoms with Gasteiger partial charge in [0.15, 0.2) is 0 Å². The maximum Gasteiger partial charge on any atom is -0.00726 e. The van der Waals surface area contributed by atoms with Gasteiger partial charge in [-0.25, -0.2) is 0 Å². The fraction of sp³-hybridized carbons (Fsp3) is 0.538. The van der Waals surface area contributed by atoms with Crippen LogP contribution in [0, 0.1) is 5.92 Å². The van der Waals surface area contributed by atoms with Crippen molar-refractivity contribution in [2.75, 3.05) is 0 Å². The number of benzene rings is 1. The van der Waals surface area contributed by atoms with E-state index in [-0.39, 0.29) is 0 Å². The molecular formula is C13H18. The second kappa shape index (κ2) is 3.17. The Morgan fingerprint density at radius 3 is 2.46 bits per heavy atom. The normalized spacial score (nSPS) is 33.5. The Morgan fingerprint density at radius 1 is 1.23 bits per heavy atom. The molecule has 0 nitrogen and oxygen atoms in total.